The van der Waals surface area contributed by atoms with Crippen LogP contribution in [0.2, 0.25) is 0 Å². The molecule has 0 unspecified atom stereocenters. The first-order valence-corrected chi connectivity index (χ1v) is 11.9. The molecule has 1 saturated carbocycles. The predicted octanol–water partition coefficient (Wildman–Crippen LogP) is 5.22. The molecule has 0 bridgehead atoms. The highest BCUT2D eigenvalue weighted by Gasteiger charge is 2.24. The Labute approximate surface area is 183 Å². The van der Waals surface area contributed by atoms with E-state index >= 15 is 0 Å². The number of hydrogen-bond donors (Lipinski definition) is 2. The number of sulfonamides is 1. The normalized spacial score (nSPS) is 15.4. The standard InChI is InChI=1S/C23H29FN2O4S/c1-23(2,24)17-10-7-11-19(14-17)26-31(28,29)21-13-12-18(15-20(21)30-3)25-22(27)16-8-5-4-6-9-16/h7,10-16,26H,4-6,8-9H2,1-3H3,(H,25,27). The van der Waals surface area contributed by atoms with Gasteiger partial charge in [0.25, 0.3) is 10.0 Å². The van der Waals surface area contributed by atoms with Crippen LogP contribution in [0.5, 0.6) is 5.75 Å². The van der Waals surface area contributed by atoms with Crippen LogP contribution >= 0.6 is 0 Å². The summed E-state index contributed by atoms with van der Waals surface area (Å²) in [5.74, 6) is 0.0360. The number of amides is 1. The van der Waals surface area contributed by atoms with E-state index in [4.69, 9.17) is 4.74 Å². The van der Waals surface area contributed by atoms with Gasteiger partial charge in [0, 0.05) is 23.4 Å². The third-order valence-corrected chi connectivity index (χ3v) is 6.92. The van der Waals surface area contributed by atoms with Crippen LogP contribution in [-0.2, 0) is 20.5 Å². The van der Waals surface area contributed by atoms with E-state index in [1.807, 2.05) is 0 Å². The maximum Gasteiger partial charge on any atom is 0.265 e. The van der Waals surface area contributed by atoms with Crippen molar-refractivity contribution in [1.82, 2.24) is 0 Å². The summed E-state index contributed by atoms with van der Waals surface area (Å²) in [5.41, 5.74) is -0.509. The van der Waals surface area contributed by atoms with Crippen LogP contribution < -0.4 is 14.8 Å². The Balaban J connectivity index is 1.80. The van der Waals surface area contributed by atoms with Crippen molar-refractivity contribution in [2.24, 2.45) is 5.92 Å². The highest BCUT2D eigenvalue weighted by molar-refractivity contribution is 7.92. The first kappa shape index (κ1) is 23.1. The molecular formula is C23H29FN2O4S. The number of alkyl halides is 1. The summed E-state index contributed by atoms with van der Waals surface area (Å²) in [6.45, 7) is 2.81. The van der Waals surface area contributed by atoms with Gasteiger partial charge in [0.05, 0.1) is 7.11 Å². The lowest BCUT2D eigenvalue weighted by Gasteiger charge is -2.21. The average molecular weight is 449 g/mol. The lowest BCUT2D eigenvalue weighted by atomic mass is 9.88. The molecule has 168 valence electrons. The van der Waals surface area contributed by atoms with Crippen molar-refractivity contribution >= 4 is 27.3 Å². The van der Waals surface area contributed by atoms with Crippen LogP contribution in [0.4, 0.5) is 15.8 Å². The molecule has 0 aromatic heterocycles. The van der Waals surface area contributed by atoms with Crippen LogP contribution in [0.3, 0.4) is 0 Å². The van der Waals surface area contributed by atoms with Gasteiger partial charge in [-0.05, 0) is 56.5 Å². The summed E-state index contributed by atoms with van der Waals surface area (Å²) in [5, 5.41) is 2.86. The zero-order chi connectivity index (χ0) is 22.6. The van der Waals surface area contributed by atoms with Crippen molar-refractivity contribution in [1.29, 1.82) is 0 Å². The topological polar surface area (TPSA) is 84.5 Å². The molecule has 0 atom stereocenters. The summed E-state index contributed by atoms with van der Waals surface area (Å²) in [4.78, 5) is 12.4. The van der Waals surface area contributed by atoms with Gasteiger partial charge in [-0.3, -0.25) is 9.52 Å². The van der Waals surface area contributed by atoms with Gasteiger partial charge in [-0.2, -0.15) is 0 Å². The van der Waals surface area contributed by atoms with E-state index in [-0.39, 0.29) is 28.2 Å². The fourth-order valence-corrected chi connectivity index (χ4v) is 4.94. The summed E-state index contributed by atoms with van der Waals surface area (Å²) in [6.07, 6.45) is 4.99. The Kier molecular flexibility index (Phi) is 6.89. The second-order valence-electron chi connectivity index (χ2n) is 8.35. The summed E-state index contributed by atoms with van der Waals surface area (Å²) < 4.78 is 47.9. The van der Waals surface area contributed by atoms with E-state index in [1.54, 1.807) is 24.3 Å². The molecule has 0 saturated heterocycles. The number of rotatable bonds is 7. The summed E-state index contributed by atoms with van der Waals surface area (Å²) >= 11 is 0. The number of hydrogen-bond acceptors (Lipinski definition) is 4. The molecule has 0 heterocycles. The second kappa shape index (κ2) is 9.26. The fraction of sp³-hybridized carbons (Fsp3) is 0.435. The summed E-state index contributed by atoms with van der Waals surface area (Å²) in [7, 11) is -2.63. The monoisotopic (exact) mass is 448 g/mol. The molecule has 0 radical (unpaired) electrons. The van der Waals surface area contributed by atoms with Gasteiger partial charge < -0.3 is 10.1 Å². The molecule has 1 amide bonds. The predicted molar refractivity (Wildman–Crippen MR) is 120 cm³/mol. The molecule has 3 rings (SSSR count). The average Bonchev–Trinajstić information content (AvgIpc) is 2.73. The quantitative estimate of drug-likeness (QED) is 0.608. The highest BCUT2D eigenvalue weighted by atomic mass is 32.2. The number of nitrogens with one attached hydrogen (secondary N) is 2. The van der Waals surface area contributed by atoms with Crippen molar-refractivity contribution in [3.8, 4) is 5.75 Å². The Hall–Kier alpha value is -2.61. The Morgan fingerprint density at radius 1 is 1.06 bits per heavy atom. The number of halogens is 1. The van der Waals surface area contributed by atoms with Crippen LogP contribution in [-0.4, -0.2) is 21.4 Å². The molecule has 1 aliphatic carbocycles. The molecule has 0 spiro atoms. The van der Waals surface area contributed by atoms with Crippen LogP contribution in [0.25, 0.3) is 0 Å². The molecule has 0 aliphatic heterocycles. The van der Waals surface area contributed by atoms with E-state index in [0.29, 0.717) is 11.3 Å². The lowest BCUT2D eigenvalue weighted by molar-refractivity contribution is -0.120. The zero-order valence-corrected chi connectivity index (χ0v) is 18.9. The number of ether oxygens (including phenoxy) is 1. The first-order valence-electron chi connectivity index (χ1n) is 10.4. The van der Waals surface area contributed by atoms with Crippen LogP contribution in [0.15, 0.2) is 47.4 Å². The van der Waals surface area contributed by atoms with Gasteiger partial charge >= 0.3 is 0 Å². The minimum atomic E-state index is -3.99. The molecule has 1 fully saturated rings. The first-order chi connectivity index (χ1) is 14.6. The van der Waals surface area contributed by atoms with Crippen molar-refractivity contribution in [2.75, 3.05) is 17.1 Å². The SMILES string of the molecule is COc1cc(NC(=O)C2CCCCC2)ccc1S(=O)(=O)Nc1cccc(C(C)(C)F)c1. The highest BCUT2D eigenvalue weighted by Crippen LogP contribution is 2.32. The van der Waals surface area contributed by atoms with E-state index in [0.717, 1.165) is 32.1 Å². The zero-order valence-electron chi connectivity index (χ0n) is 18.1. The molecule has 2 aromatic rings. The maximum absolute atomic E-state index is 14.2. The minimum Gasteiger partial charge on any atom is -0.495 e. The number of methoxy groups -OCH3 is 1. The molecule has 8 heteroatoms. The summed E-state index contributed by atoms with van der Waals surface area (Å²) in [6, 6.07) is 10.6. The number of anilines is 2. The van der Waals surface area contributed by atoms with E-state index in [9.17, 15) is 17.6 Å². The van der Waals surface area contributed by atoms with E-state index < -0.39 is 15.7 Å². The third kappa shape index (κ3) is 5.76. The Bertz CT molecular complexity index is 1040. The smallest absolute Gasteiger partial charge is 0.265 e. The van der Waals surface area contributed by atoms with Gasteiger partial charge in [0.2, 0.25) is 5.91 Å². The van der Waals surface area contributed by atoms with Crippen LogP contribution in [0.1, 0.15) is 51.5 Å². The number of carbonyl (C=O) groups is 1. The van der Waals surface area contributed by atoms with Crippen molar-refractivity contribution in [3.63, 3.8) is 0 Å². The second-order valence-corrected chi connectivity index (χ2v) is 10.00. The molecule has 31 heavy (non-hydrogen) atoms. The van der Waals surface area contributed by atoms with Crippen molar-refractivity contribution in [2.45, 2.75) is 56.5 Å². The van der Waals surface area contributed by atoms with E-state index in [1.165, 1.54) is 39.2 Å². The number of benzene rings is 2. The van der Waals surface area contributed by atoms with E-state index in [2.05, 4.69) is 10.0 Å². The molecule has 2 N–H and O–H groups in total. The molecule has 1 aliphatic rings. The van der Waals surface area contributed by atoms with Gasteiger partial charge in [0.15, 0.2) is 0 Å². The minimum absolute atomic E-state index is 0.0168. The van der Waals surface area contributed by atoms with Crippen molar-refractivity contribution < 1.29 is 22.3 Å². The van der Waals surface area contributed by atoms with Gasteiger partial charge in [-0.25, -0.2) is 12.8 Å². The van der Waals surface area contributed by atoms with Crippen molar-refractivity contribution in [3.05, 3.63) is 48.0 Å². The number of carbonyl (C=O) groups excluding carboxylic acids is 1. The molecule has 2 aromatic carbocycles. The Morgan fingerprint density at radius 3 is 2.42 bits per heavy atom. The van der Waals surface area contributed by atoms with Gasteiger partial charge in [0.1, 0.15) is 16.3 Å². The van der Waals surface area contributed by atoms with Crippen LogP contribution in [0, 0.1) is 5.92 Å². The largest absolute Gasteiger partial charge is 0.495 e. The van der Waals surface area contributed by atoms with Gasteiger partial charge in [-0.1, -0.05) is 31.4 Å². The lowest BCUT2D eigenvalue weighted by Crippen LogP contribution is -2.24. The molecule has 6 nitrogen and oxygen atoms in total. The Morgan fingerprint density at radius 2 is 1.77 bits per heavy atom. The maximum atomic E-state index is 14.2. The third-order valence-electron chi connectivity index (χ3n) is 5.50. The fourth-order valence-electron chi connectivity index (χ4n) is 3.74. The van der Waals surface area contributed by atoms with Gasteiger partial charge in [-0.15, -0.1) is 0 Å². The molecular weight excluding hydrogens is 419 g/mol.